The number of carboxylic acid groups (broad SMARTS) is 1. The molecule has 2 rings (SSSR count). The van der Waals surface area contributed by atoms with Crippen molar-refractivity contribution in [2.75, 3.05) is 11.4 Å². The maximum atomic E-state index is 11.7. The fraction of sp³-hybridized carbons (Fsp3) is 0.273. The number of benzene rings is 1. The van der Waals surface area contributed by atoms with Gasteiger partial charge >= 0.3 is 5.97 Å². The molecule has 1 aliphatic heterocycles. The summed E-state index contributed by atoms with van der Waals surface area (Å²) < 4.78 is 0.583. The Kier molecular flexibility index (Phi) is 3.17. The van der Waals surface area contributed by atoms with Crippen LogP contribution >= 0.6 is 15.9 Å². The number of hydrogen-bond donors (Lipinski definition) is 2. The predicted molar refractivity (Wildman–Crippen MR) is 66.0 cm³/mol. The molecule has 1 heterocycles. The van der Waals surface area contributed by atoms with Crippen molar-refractivity contribution in [3.8, 4) is 0 Å². The predicted octanol–water partition coefficient (Wildman–Crippen LogP) is 1.21. The number of nitrogens with two attached hydrogens (primary N) is 1. The Hall–Kier alpha value is -1.40. The summed E-state index contributed by atoms with van der Waals surface area (Å²) >= 11 is 3.27. The number of amides is 1. The lowest BCUT2D eigenvalue weighted by molar-refractivity contribution is -0.117. The van der Waals surface area contributed by atoms with Crippen LogP contribution in [0.2, 0.25) is 0 Å². The molecule has 0 spiro atoms. The molecule has 5 nitrogen and oxygen atoms in total. The van der Waals surface area contributed by atoms with E-state index in [9.17, 15) is 9.59 Å². The van der Waals surface area contributed by atoms with Crippen LogP contribution in [-0.2, 0) is 4.79 Å². The zero-order valence-electron chi connectivity index (χ0n) is 8.89. The van der Waals surface area contributed by atoms with Crippen molar-refractivity contribution in [2.45, 2.75) is 12.5 Å². The van der Waals surface area contributed by atoms with Gasteiger partial charge in [-0.3, -0.25) is 4.79 Å². The van der Waals surface area contributed by atoms with Gasteiger partial charge in [-0.2, -0.15) is 0 Å². The summed E-state index contributed by atoms with van der Waals surface area (Å²) in [5.41, 5.74) is 6.19. The molecule has 0 aliphatic carbocycles. The summed E-state index contributed by atoms with van der Waals surface area (Å²) in [5.74, 6) is -1.21. The number of carboxylic acids is 1. The van der Waals surface area contributed by atoms with E-state index in [4.69, 9.17) is 10.8 Å². The highest BCUT2D eigenvalue weighted by Gasteiger charge is 2.31. The topological polar surface area (TPSA) is 83.6 Å². The Morgan fingerprint density at radius 3 is 2.76 bits per heavy atom. The highest BCUT2D eigenvalue weighted by atomic mass is 79.9. The summed E-state index contributed by atoms with van der Waals surface area (Å²) in [7, 11) is 0. The number of aromatic carboxylic acids is 1. The van der Waals surface area contributed by atoms with E-state index in [0.29, 0.717) is 16.7 Å². The minimum atomic E-state index is -1.06. The molecule has 1 fully saturated rings. The van der Waals surface area contributed by atoms with Crippen LogP contribution in [-0.4, -0.2) is 29.6 Å². The Balaban J connectivity index is 2.51. The Bertz CT molecular complexity index is 490. The average Bonchev–Trinajstić information content (AvgIpc) is 2.57. The first kappa shape index (κ1) is 12.1. The summed E-state index contributed by atoms with van der Waals surface area (Å²) in [6.07, 6.45) is 0.250. The molecular weight excluding hydrogens is 288 g/mol. The molecule has 90 valence electrons. The van der Waals surface area contributed by atoms with Crippen molar-refractivity contribution in [1.82, 2.24) is 0 Å². The monoisotopic (exact) mass is 298 g/mol. The number of anilines is 1. The first-order valence-electron chi connectivity index (χ1n) is 5.08. The first-order valence-corrected chi connectivity index (χ1v) is 5.87. The third-order valence-corrected chi connectivity index (χ3v) is 3.28. The smallest absolute Gasteiger partial charge is 0.337 e. The van der Waals surface area contributed by atoms with Gasteiger partial charge in [0.2, 0.25) is 5.91 Å². The van der Waals surface area contributed by atoms with Crippen LogP contribution in [0.3, 0.4) is 0 Å². The summed E-state index contributed by atoms with van der Waals surface area (Å²) in [6, 6.07) is 4.56. The van der Waals surface area contributed by atoms with E-state index in [1.165, 1.54) is 11.0 Å². The third-order valence-electron chi connectivity index (χ3n) is 2.64. The van der Waals surface area contributed by atoms with Crippen molar-refractivity contribution in [3.05, 3.63) is 28.2 Å². The number of para-hydroxylation sites is 1. The van der Waals surface area contributed by atoms with Crippen LogP contribution in [0, 0.1) is 0 Å². The van der Waals surface area contributed by atoms with Crippen LogP contribution in [0.25, 0.3) is 0 Å². The second-order valence-corrected chi connectivity index (χ2v) is 4.76. The number of nitrogens with zero attached hydrogens (tertiary/aromatic N) is 1. The van der Waals surface area contributed by atoms with E-state index in [2.05, 4.69) is 15.9 Å². The molecule has 17 heavy (non-hydrogen) atoms. The zero-order chi connectivity index (χ0) is 12.6. The maximum absolute atomic E-state index is 11.7. The quantitative estimate of drug-likeness (QED) is 0.860. The number of halogens is 1. The van der Waals surface area contributed by atoms with Gasteiger partial charge in [0.1, 0.15) is 0 Å². The Morgan fingerprint density at radius 1 is 1.53 bits per heavy atom. The fourth-order valence-electron chi connectivity index (χ4n) is 1.91. The van der Waals surface area contributed by atoms with Gasteiger partial charge in [0.05, 0.1) is 11.3 Å². The molecular formula is C11H11BrN2O3. The average molecular weight is 299 g/mol. The summed E-state index contributed by atoms with van der Waals surface area (Å²) in [5, 5.41) is 9.11. The van der Waals surface area contributed by atoms with E-state index in [1.807, 2.05) is 0 Å². The molecule has 1 atom stereocenters. The van der Waals surface area contributed by atoms with Crippen LogP contribution in [0.4, 0.5) is 5.69 Å². The van der Waals surface area contributed by atoms with E-state index in [1.54, 1.807) is 12.1 Å². The van der Waals surface area contributed by atoms with Crippen molar-refractivity contribution in [3.63, 3.8) is 0 Å². The van der Waals surface area contributed by atoms with Crippen molar-refractivity contribution >= 4 is 33.5 Å². The van der Waals surface area contributed by atoms with Gasteiger partial charge in [0.25, 0.3) is 0 Å². The lowest BCUT2D eigenvalue weighted by Crippen LogP contribution is -2.29. The van der Waals surface area contributed by atoms with Gasteiger partial charge in [-0.05, 0) is 28.1 Å². The van der Waals surface area contributed by atoms with E-state index >= 15 is 0 Å². The molecule has 6 heteroatoms. The van der Waals surface area contributed by atoms with Gasteiger partial charge in [-0.1, -0.05) is 6.07 Å². The van der Waals surface area contributed by atoms with Crippen LogP contribution in [0.1, 0.15) is 16.8 Å². The van der Waals surface area contributed by atoms with E-state index < -0.39 is 5.97 Å². The van der Waals surface area contributed by atoms with E-state index in [0.717, 1.165) is 0 Å². The molecule has 1 aromatic rings. The molecule has 1 aliphatic rings. The van der Waals surface area contributed by atoms with Gasteiger partial charge < -0.3 is 15.7 Å². The summed E-state index contributed by atoms with van der Waals surface area (Å²) in [4.78, 5) is 24.3. The molecule has 0 saturated carbocycles. The van der Waals surface area contributed by atoms with Crippen LogP contribution in [0.15, 0.2) is 22.7 Å². The van der Waals surface area contributed by atoms with E-state index in [-0.39, 0.29) is 23.9 Å². The molecule has 3 N–H and O–H groups in total. The molecule has 0 bridgehead atoms. The minimum absolute atomic E-state index is 0.0989. The standard InChI is InChI=1S/C11H11BrN2O3/c12-8-3-1-2-7(11(16)17)10(8)14-5-6(13)4-9(14)15/h1-3,6H,4-5,13H2,(H,16,17). The molecule has 1 amide bonds. The van der Waals surface area contributed by atoms with Crippen molar-refractivity contribution in [2.24, 2.45) is 5.73 Å². The SMILES string of the molecule is NC1CC(=O)N(c2c(Br)cccc2C(=O)O)C1. The second kappa shape index (κ2) is 4.46. The molecule has 0 radical (unpaired) electrons. The molecule has 1 saturated heterocycles. The fourth-order valence-corrected chi connectivity index (χ4v) is 2.49. The number of rotatable bonds is 2. The maximum Gasteiger partial charge on any atom is 0.337 e. The molecule has 0 aromatic heterocycles. The lowest BCUT2D eigenvalue weighted by Gasteiger charge is -2.20. The normalized spacial score (nSPS) is 19.8. The van der Waals surface area contributed by atoms with Gasteiger partial charge in [-0.15, -0.1) is 0 Å². The van der Waals surface area contributed by atoms with Crippen molar-refractivity contribution < 1.29 is 14.7 Å². The number of carbonyl (C=O) groups excluding carboxylic acids is 1. The highest BCUT2D eigenvalue weighted by molar-refractivity contribution is 9.10. The number of carbonyl (C=O) groups is 2. The minimum Gasteiger partial charge on any atom is -0.478 e. The van der Waals surface area contributed by atoms with Crippen LogP contribution < -0.4 is 10.6 Å². The van der Waals surface area contributed by atoms with Gasteiger partial charge in [0.15, 0.2) is 0 Å². The van der Waals surface area contributed by atoms with Gasteiger partial charge in [-0.25, -0.2) is 4.79 Å². The largest absolute Gasteiger partial charge is 0.478 e. The summed E-state index contributed by atoms with van der Waals surface area (Å²) in [6.45, 7) is 0.349. The number of hydrogen-bond acceptors (Lipinski definition) is 3. The highest BCUT2D eigenvalue weighted by Crippen LogP contribution is 2.33. The molecule has 1 unspecified atom stereocenters. The van der Waals surface area contributed by atoms with Crippen LogP contribution in [0.5, 0.6) is 0 Å². The second-order valence-electron chi connectivity index (χ2n) is 3.91. The zero-order valence-corrected chi connectivity index (χ0v) is 10.5. The Morgan fingerprint density at radius 2 is 2.24 bits per heavy atom. The Labute approximate surface area is 106 Å². The van der Waals surface area contributed by atoms with Crippen molar-refractivity contribution in [1.29, 1.82) is 0 Å². The first-order chi connectivity index (χ1) is 8.00. The lowest BCUT2D eigenvalue weighted by atomic mass is 10.1. The molecule has 1 aromatic carbocycles. The van der Waals surface area contributed by atoms with Gasteiger partial charge in [0, 0.05) is 23.5 Å². The third kappa shape index (κ3) is 2.18.